The van der Waals surface area contributed by atoms with E-state index in [1.807, 2.05) is 42.1 Å². The monoisotopic (exact) mass is 386 g/mol. The number of thioether (sulfide) groups is 1. The second kappa shape index (κ2) is 9.32. The Kier molecular flexibility index (Phi) is 6.59. The molecule has 1 aliphatic rings. The minimum absolute atomic E-state index is 0.198. The van der Waals surface area contributed by atoms with Gasteiger partial charge in [-0.25, -0.2) is 5.43 Å². The van der Waals surface area contributed by atoms with E-state index in [0.29, 0.717) is 17.6 Å². The summed E-state index contributed by atoms with van der Waals surface area (Å²) < 4.78 is 16.2. The first-order valence-electron chi connectivity index (χ1n) is 8.55. The molecule has 1 N–H and O–H groups in total. The zero-order valence-corrected chi connectivity index (χ0v) is 16.1. The van der Waals surface area contributed by atoms with Crippen LogP contribution in [0.3, 0.4) is 0 Å². The molecule has 27 heavy (non-hydrogen) atoms. The van der Waals surface area contributed by atoms with Gasteiger partial charge in [0.25, 0.3) is 0 Å². The Bertz CT molecular complexity index is 804. The molecule has 2 aromatic rings. The fourth-order valence-electron chi connectivity index (χ4n) is 2.50. The molecule has 1 aliphatic heterocycles. The number of amides is 1. The van der Waals surface area contributed by atoms with Crippen molar-refractivity contribution in [3.05, 3.63) is 53.6 Å². The first-order chi connectivity index (χ1) is 13.2. The van der Waals surface area contributed by atoms with Crippen molar-refractivity contribution in [2.24, 2.45) is 5.10 Å². The van der Waals surface area contributed by atoms with Gasteiger partial charge in [-0.2, -0.15) is 16.9 Å². The molecule has 142 valence electrons. The molecule has 6 nitrogen and oxygen atoms in total. The third-order valence-corrected chi connectivity index (χ3v) is 5.22. The van der Waals surface area contributed by atoms with Crippen LogP contribution >= 0.6 is 11.8 Å². The molecule has 0 aliphatic carbocycles. The third kappa shape index (κ3) is 5.40. The van der Waals surface area contributed by atoms with Crippen LogP contribution in [0.25, 0.3) is 0 Å². The largest absolute Gasteiger partial charge is 0.493 e. The molecule has 1 amide bonds. The van der Waals surface area contributed by atoms with Crippen LogP contribution in [0.5, 0.6) is 17.2 Å². The Morgan fingerprint density at radius 2 is 1.89 bits per heavy atom. The van der Waals surface area contributed by atoms with Gasteiger partial charge in [0.2, 0.25) is 5.91 Å². The van der Waals surface area contributed by atoms with Crippen molar-refractivity contribution in [3.63, 3.8) is 0 Å². The van der Waals surface area contributed by atoms with Crippen molar-refractivity contribution >= 4 is 23.9 Å². The van der Waals surface area contributed by atoms with Crippen LogP contribution in [0.1, 0.15) is 11.1 Å². The summed E-state index contributed by atoms with van der Waals surface area (Å²) in [6.45, 7) is 0. The number of nitrogens with zero attached hydrogens (tertiary/aromatic N) is 1. The molecule has 0 saturated carbocycles. The Labute approximate surface area is 162 Å². The molecular weight excluding hydrogens is 364 g/mol. The van der Waals surface area contributed by atoms with Gasteiger partial charge in [0.15, 0.2) is 11.5 Å². The maximum Gasteiger partial charge on any atom is 0.244 e. The van der Waals surface area contributed by atoms with Gasteiger partial charge in [0, 0.05) is 11.5 Å². The highest BCUT2D eigenvalue weighted by molar-refractivity contribution is 8.00. The van der Waals surface area contributed by atoms with Crippen LogP contribution in [-0.2, 0) is 11.2 Å². The van der Waals surface area contributed by atoms with E-state index in [0.717, 1.165) is 28.4 Å². The van der Waals surface area contributed by atoms with Gasteiger partial charge in [0.1, 0.15) is 11.9 Å². The molecule has 0 radical (unpaired) electrons. The molecular formula is C20H22N2O4S. The van der Waals surface area contributed by atoms with E-state index in [4.69, 9.17) is 14.2 Å². The van der Waals surface area contributed by atoms with Crippen LogP contribution in [0.15, 0.2) is 47.6 Å². The van der Waals surface area contributed by atoms with Crippen LogP contribution < -0.4 is 19.6 Å². The predicted molar refractivity (Wildman–Crippen MR) is 107 cm³/mol. The van der Waals surface area contributed by atoms with Crippen molar-refractivity contribution in [2.45, 2.75) is 12.5 Å². The van der Waals surface area contributed by atoms with Crippen LogP contribution in [-0.4, -0.2) is 44.0 Å². The van der Waals surface area contributed by atoms with Gasteiger partial charge < -0.3 is 14.2 Å². The van der Waals surface area contributed by atoms with Gasteiger partial charge in [0.05, 0.1) is 26.9 Å². The number of rotatable bonds is 8. The van der Waals surface area contributed by atoms with Crippen LogP contribution in [0.2, 0.25) is 0 Å². The normalized spacial score (nSPS) is 13.9. The minimum Gasteiger partial charge on any atom is -0.493 e. The zero-order valence-electron chi connectivity index (χ0n) is 15.3. The van der Waals surface area contributed by atoms with Crippen molar-refractivity contribution in [1.82, 2.24) is 5.43 Å². The smallest absolute Gasteiger partial charge is 0.244 e. The average molecular weight is 386 g/mol. The van der Waals surface area contributed by atoms with E-state index in [1.165, 1.54) is 0 Å². The summed E-state index contributed by atoms with van der Waals surface area (Å²) in [4.78, 5) is 12.1. The SMILES string of the molecule is COc1ccc(CC(=O)NN=Cc2ccc(OC3CSC3)cc2)cc1OC. The van der Waals surface area contributed by atoms with Crippen LogP contribution in [0.4, 0.5) is 0 Å². The highest BCUT2D eigenvalue weighted by Gasteiger charge is 2.19. The standard InChI is InChI=1S/C20H22N2O4S/c1-24-18-8-5-15(9-19(18)25-2)10-20(23)22-21-11-14-3-6-16(7-4-14)26-17-12-27-13-17/h3-9,11,17H,10,12-13H2,1-2H3,(H,22,23). The lowest BCUT2D eigenvalue weighted by Gasteiger charge is -2.25. The first kappa shape index (κ1) is 19.1. The van der Waals surface area contributed by atoms with Crippen molar-refractivity contribution in [2.75, 3.05) is 25.7 Å². The van der Waals surface area contributed by atoms with Gasteiger partial charge in [-0.05, 0) is 47.5 Å². The lowest BCUT2D eigenvalue weighted by atomic mass is 10.1. The summed E-state index contributed by atoms with van der Waals surface area (Å²) in [5, 5.41) is 4.01. The maximum atomic E-state index is 12.1. The Morgan fingerprint density at radius 1 is 1.15 bits per heavy atom. The number of hydrogen-bond acceptors (Lipinski definition) is 6. The van der Waals surface area contributed by atoms with E-state index in [2.05, 4.69) is 10.5 Å². The number of benzene rings is 2. The number of nitrogens with one attached hydrogen (secondary N) is 1. The first-order valence-corrected chi connectivity index (χ1v) is 9.70. The molecule has 0 unspecified atom stereocenters. The molecule has 3 rings (SSSR count). The maximum absolute atomic E-state index is 12.1. The summed E-state index contributed by atoms with van der Waals surface area (Å²) in [7, 11) is 3.14. The lowest BCUT2D eigenvalue weighted by Crippen LogP contribution is -2.30. The molecule has 0 bridgehead atoms. The zero-order chi connectivity index (χ0) is 19.1. The summed E-state index contributed by atoms with van der Waals surface area (Å²) >= 11 is 1.89. The quantitative estimate of drug-likeness (QED) is 0.558. The predicted octanol–water partition coefficient (Wildman–Crippen LogP) is 2.89. The summed E-state index contributed by atoms with van der Waals surface area (Å²) in [5.41, 5.74) is 4.24. The molecule has 1 heterocycles. The third-order valence-electron chi connectivity index (χ3n) is 4.01. The summed E-state index contributed by atoms with van der Waals surface area (Å²) in [6, 6.07) is 13.0. The summed E-state index contributed by atoms with van der Waals surface area (Å²) in [6.07, 6.45) is 2.13. The van der Waals surface area contributed by atoms with Crippen molar-refractivity contribution in [1.29, 1.82) is 0 Å². The number of hydrazone groups is 1. The Balaban J connectivity index is 1.49. The van der Waals surface area contributed by atoms with Gasteiger partial charge in [-0.3, -0.25) is 4.79 Å². The number of hydrogen-bond donors (Lipinski definition) is 1. The van der Waals surface area contributed by atoms with Crippen LogP contribution in [0, 0.1) is 0 Å². The van der Waals surface area contributed by atoms with E-state index in [9.17, 15) is 4.79 Å². The topological polar surface area (TPSA) is 69.2 Å². The van der Waals surface area contributed by atoms with E-state index in [1.54, 1.807) is 32.6 Å². The molecule has 2 aromatic carbocycles. The van der Waals surface area contributed by atoms with Gasteiger partial charge >= 0.3 is 0 Å². The molecule has 0 aromatic heterocycles. The fraction of sp³-hybridized carbons (Fsp3) is 0.300. The Hall–Kier alpha value is -2.67. The van der Waals surface area contributed by atoms with Crippen molar-refractivity contribution < 1.29 is 19.0 Å². The minimum atomic E-state index is -0.207. The number of carbonyl (C=O) groups is 1. The fourth-order valence-corrected chi connectivity index (χ4v) is 3.07. The van der Waals surface area contributed by atoms with E-state index >= 15 is 0 Å². The Morgan fingerprint density at radius 3 is 2.52 bits per heavy atom. The summed E-state index contributed by atoms with van der Waals surface area (Å²) in [5.74, 6) is 3.97. The molecule has 1 saturated heterocycles. The van der Waals surface area contributed by atoms with E-state index in [-0.39, 0.29) is 12.3 Å². The van der Waals surface area contributed by atoms with Gasteiger partial charge in [-0.15, -0.1) is 0 Å². The second-order valence-corrected chi connectivity index (χ2v) is 7.08. The lowest BCUT2D eigenvalue weighted by molar-refractivity contribution is -0.120. The number of methoxy groups -OCH3 is 2. The highest BCUT2D eigenvalue weighted by atomic mass is 32.2. The highest BCUT2D eigenvalue weighted by Crippen LogP contribution is 2.27. The van der Waals surface area contributed by atoms with E-state index < -0.39 is 0 Å². The number of carbonyl (C=O) groups excluding carboxylic acids is 1. The number of ether oxygens (including phenoxy) is 3. The molecule has 0 atom stereocenters. The van der Waals surface area contributed by atoms with Crippen molar-refractivity contribution in [3.8, 4) is 17.2 Å². The molecule has 0 spiro atoms. The molecule has 1 fully saturated rings. The van der Waals surface area contributed by atoms with Gasteiger partial charge in [-0.1, -0.05) is 6.07 Å². The average Bonchev–Trinajstić information content (AvgIpc) is 2.65. The molecule has 7 heteroatoms. The second-order valence-electron chi connectivity index (χ2n) is 6.01.